The van der Waals surface area contributed by atoms with Crippen LogP contribution in [0.25, 0.3) is 10.6 Å². The fourth-order valence-electron chi connectivity index (χ4n) is 4.15. The maximum atomic E-state index is 5.39. The van der Waals surface area contributed by atoms with Crippen LogP contribution in [0.3, 0.4) is 0 Å². The van der Waals surface area contributed by atoms with Gasteiger partial charge in [-0.2, -0.15) is 5.10 Å². The third-order valence-corrected chi connectivity index (χ3v) is 6.87. The van der Waals surface area contributed by atoms with E-state index < -0.39 is 0 Å². The van der Waals surface area contributed by atoms with Crippen LogP contribution in [0.4, 0.5) is 5.13 Å². The average Bonchev–Trinajstić information content (AvgIpc) is 3.38. The van der Waals surface area contributed by atoms with E-state index in [0.29, 0.717) is 12.5 Å². The molecule has 1 atom stereocenters. The molecule has 0 saturated carbocycles. The Kier molecular flexibility index (Phi) is 6.77. The van der Waals surface area contributed by atoms with Gasteiger partial charge in [-0.1, -0.05) is 17.4 Å². The van der Waals surface area contributed by atoms with Crippen molar-refractivity contribution in [2.45, 2.75) is 32.9 Å². The van der Waals surface area contributed by atoms with E-state index in [4.69, 9.17) is 19.6 Å². The molecule has 1 N–H and O–H groups in total. The Morgan fingerprint density at radius 3 is 2.81 bits per heavy atom. The molecule has 31 heavy (non-hydrogen) atoms. The van der Waals surface area contributed by atoms with Gasteiger partial charge in [0.2, 0.25) is 0 Å². The molecule has 3 heterocycles. The van der Waals surface area contributed by atoms with Crippen LogP contribution in [0, 0.1) is 12.8 Å². The molecule has 1 saturated heterocycles. The van der Waals surface area contributed by atoms with Crippen molar-refractivity contribution in [2.75, 3.05) is 39.7 Å². The maximum absolute atomic E-state index is 5.39. The second kappa shape index (κ2) is 9.70. The number of piperidine rings is 1. The first-order valence-corrected chi connectivity index (χ1v) is 11.5. The minimum absolute atomic E-state index is 0.663. The summed E-state index contributed by atoms with van der Waals surface area (Å²) in [5.74, 6) is 2.13. The fourth-order valence-corrected chi connectivity index (χ4v) is 5.08. The quantitative estimate of drug-likeness (QED) is 0.563. The standard InChI is InChI=1S/C23H31N5O2S/c1-16-22(19-9-11-28(26-19)15-18-6-5-10-27(2)14-18)31-23(25-16)24-13-17-7-8-20(29-3)21(12-17)30-4/h7-9,11-12,18H,5-6,10,13-15H2,1-4H3,(H,24,25). The lowest BCUT2D eigenvalue weighted by atomic mass is 9.99. The number of nitrogens with one attached hydrogen (secondary N) is 1. The molecule has 0 bridgehead atoms. The van der Waals surface area contributed by atoms with Crippen LogP contribution in [-0.4, -0.2) is 54.0 Å². The van der Waals surface area contributed by atoms with Crippen molar-refractivity contribution < 1.29 is 9.47 Å². The molecule has 1 fully saturated rings. The fraction of sp³-hybridized carbons (Fsp3) is 0.478. The van der Waals surface area contributed by atoms with Crippen molar-refractivity contribution in [3.05, 3.63) is 41.7 Å². The number of hydrogen-bond donors (Lipinski definition) is 1. The Morgan fingerprint density at radius 2 is 2.03 bits per heavy atom. The molecule has 2 aromatic heterocycles. The molecule has 4 rings (SSSR count). The lowest BCUT2D eigenvalue weighted by Gasteiger charge is -2.29. The number of benzene rings is 1. The Balaban J connectivity index is 1.40. The Labute approximate surface area is 188 Å². The van der Waals surface area contributed by atoms with Crippen molar-refractivity contribution in [3.63, 3.8) is 0 Å². The summed E-state index contributed by atoms with van der Waals surface area (Å²) in [6.45, 7) is 6.05. The lowest BCUT2D eigenvalue weighted by Crippen LogP contribution is -2.34. The van der Waals surface area contributed by atoms with Crippen molar-refractivity contribution in [1.29, 1.82) is 0 Å². The van der Waals surface area contributed by atoms with Crippen LogP contribution in [-0.2, 0) is 13.1 Å². The first-order valence-electron chi connectivity index (χ1n) is 10.7. The van der Waals surface area contributed by atoms with Gasteiger partial charge in [-0.15, -0.1) is 0 Å². The summed E-state index contributed by atoms with van der Waals surface area (Å²) in [7, 11) is 5.50. The highest BCUT2D eigenvalue weighted by Gasteiger charge is 2.19. The van der Waals surface area contributed by atoms with Crippen LogP contribution in [0.15, 0.2) is 30.5 Å². The summed E-state index contributed by atoms with van der Waals surface area (Å²) >= 11 is 1.65. The van der Waals surface area contributed by atoms with E-state index in [1.165, 1.54) is 19.4 Å². The van der Waals surface area contributed by atoms with Crippen LogP contribution < -0.4 is 14.8 Å². The van der Waals surface area contributed by atoms with Crippen LogP contribution in [0.5, 0.6) is 11.5 Å². The monoisotopic (exact) mass is 441 g/mol. The largest absolute Gasteiger partial charge is 0.493 e. The number of aryl methyl sites for hydroxylation is 1. The molecule has 0 amide bonds. The maximum Gasteiger partial charge on any atom is 0.183 e. The molecule has 166 valence electrons. The summed E-state index contributed by atoms with van der Waals surface area (Å²) < 4.78 is 12.8. The third kappa shape index (κ3) is 5.19. The SMILES string of the molecule is COc1ccc(CNc2nc(C)c(-c3ccn(CC4CCCN(C)C4)n3)s2)cc1OC. The van der Waals surface area contributed by atoms with Gasteiger partial charge >= 0.3 is 0 Å². The van der Waals surface area contributed by atoms with Gasteiger partial charge in [-0.05, 0) is 63.0 Å². The van der Waals surface area contributed by atoms with E-state index in [0.717, 1.165) is 51.5 Å². The predicted molar refractivity (Wildman–Crippen MR) is 125 cm³/mol. The molecule has 0 aliphatic carbocycles. The zero-order valence-electron chi connectivity index (χ0n) is 18.7. The van der Waals surface area contributed by atoms with Gasteiger partial charge in [-0.3, -0.25) is 4.68 Å². The van der Waals surface area contributed by atoms with Gasteiger partial charge in [0.1, 0.15) is 5.69 Å². The number of rotatable bonds is 8. The number of thiazole rings is 1. The Bertz CT molecular complexity index is 1020. The lowest BCUT2D eigenvalue weighted by molar-refractivity contribution is 0.191. The number of methoxy groups -OCH3 is 2. The molecular weight excluding hydrogens is 410 g/mol. The summed E-state index contributed by atoms with van der Waals surface area (Å²) in [4.78, 5) is 8.25. The highest BCUT2D eigenvalue weighted by molar-refractivity contribution is 7.19. The van der Waals surface area contributed by atoms with E-state index in [1.807, 2.05) is 25.1 Å². The van der Waals surface area contributed by atoms with Gasteiger partial charge in [0.05, 0.1) is 24.8 Å². The molecule has 1 aliphatic heterocycles. The number of anilines is 1. The van der Waals surface area contributed by atoms with E-state index in [-0.39, 0.29) is 0 Å². The van der Waals surface area contributed by atoms with Gasteiger partial charge in [0, 0.05) is 25.8 Å². The van der Waals surface area contributed by atoms with E-state index >= 15 is 0 Å². The molecule has 0 spiro atoms. The molecule has 1 aromatic carbocycles. The summed E-state index contributed by atoms with van der Waals surface area (Å²) in [6, 6.07) is 8.04. The van der Waals surface area contributed by atoms with Crippen LogP contribution >= 0.6 is 11.3 Å². The van der Waals surface area contributed by atoms with Crippen LogP contribution in [0.1, 0.15) is 24.1 Å². The second-order valence-corrected chi connectivity index (χ2v) is 9.17. The number of aromatic nitrogens is 3. The zero-order valence-corrected chi connectivity index (χ0v) is 19.5. The van der Waals surface area contributed by atoms with Gasteiger partial charge in [0.15, 0.2) is 16.6 Å². The summed E-state index contributed by atoms with van der Waals surface area (Å²) in [5.41, 5.74) is 3.11. The highest BCUT2D eigenvalue weighted by atomic mass is 32.1. The molecular formula is C23H31N5O2S. The normalized spacial score (nSPS) is 17.0. The van der Waals surface area contributed by atoms with Crippen molar-refractivity contribution >= 4 is 16.5 Å². The first kappa shape index (κ1) is 21.6. The molecule has 1 aliphatic rings. The zero-order chi connectivity index (χ0) is 21.8. The molecule has 0 radical (unpaired) electrons. The minimum Gasteiger partial charge on any atom is -0.493 e. The van der Waals surface area contributed by atoms with E-state index in [1.54, 1.807) is 25.6 Å². The number of nitrogens with zero attached hydrogens (tertiary/aromatic N) is 4. The van der Waals surface area contributed by atoms with Gasteiger partial charge in [-0.25, -0.2) is 4.98 Å². The first-order chi connectivity index (χ1) is 15.1. The molecule has 1 unspecified atom stereocenters. The second-order valence-electron chi connectivity index (χ2n) is 8.17. The predicted octanol–water partition coefficient (Wildman–Crippen LogP) is 4.29. The van der Waals surface area contributed by atoms with Crippen LogP contribution in [0.2, 0.25) is 0 Å². The minimum atomic E-state index is 0.663. The number of hydrogen-bond acceptors (Lipinski definition) is 7. The smallest absolute Gasteiger partial charge is 0.183 e. The van der Waals surface area contributed by atoms with Gasteiger partial charge in [0.25, 0.3) is 0 Å². The van der Waals surface area contributed by atoms with E-state index in [2.05, 4.69) is 34.2 Å². The Morgan fingerprint density at radius 1 is 1.19 bits per heavy atom. The number of likely N-dealkylation sites (tertiary alicyclic amines) is 1. The van der Waals surface area contributed by atoms with Crippen molar-refractivity contribution in [3.8, 4) is 22.1 Å². The summed E-state index contributed by atoms with van der Waals surface area (Å²) in [6.07, 6.45) is 4.65. The molecule has 8 heteroatoms. The van der Waals surface area contributed by atoms with Crippen molar-refractivity contribution in [1.82, 2.24) is 19.7 Å². The Hall–Kier alpha value is -2.58. The number of ether oxygens (including phenoxy) is 2. The van der Waals surface area contributed by atoms with E-state index in [9.17, 15) is 0 Å². The van der Waals surface area contributed by atoms with Gasteiger partial charge < -0.3 is 19.7 Å². The average molecular weight is 442 g/mol. The topological polar surface area (TPSA) is 64.4 Å². The molecule has 3 aromatic rings. The third-order valence-electron chi connectivity index (χ3n) is 5.73. The summed E-state index contributed by atoms with van der Waals surface area (Å²) in [5, 5.41) is 9.17. The molecule has 7 nitrogen and oxygen atoms in total. The van der Waals surface area contributed by atoms with Crippen molar-refractivity contribution in [2.24, 2.45) is 5.92 Å². The highest BCUT2D eigenvalue weighted by Crippen LogP contribution is 2.33.